The highest BCUT2D eigenvalue weighted by atomic mass is 32.1. The van der Waals surface area contributed by atoms with Crippen LogP contribution in [0.1, 0.15) is 15.9 Å². The summed E-state index contributed by atoms with van der Waals surface area (Å²) in [7, 11) is 1.48. The highest BCUT2D eigenvalue weighted by Crippen LogP contribution is 2.17. The number of ether oxygens (including phenoxy) is 1. The normalized spacial score (nSPS) is 10.2. The Morgan fingerprint density at radius 2 is 2.35 bits per heavy atom. The fraction of sp³-hybridized carbons (Fsp3) is 0.100. The molecule has 0 aromatic heterocycles. The Hall–Kier alpha value is -2.15. The lowest BCUT2D eigenvalue weighted by molar-refractivity contribution is 0.0697. The van der Waals surface area contributed by atoms with Crippen molar-refractivity contribution in [3.05, 3.63) is 29.3 Å². The van der Waals surface area contributed by atoms with E-state index in [4.69, 9.17) is 15.6 Å². The lowest BCUT2D eigenvalue weighted by atomic mass is 10.1. The second-order valence-corrected chi connectivity index (χ2v) is 3.44. The molecule has 4 N–H and O–H groups in total. The van der Waals surface area contributed by atoms with Crippen molar-refractivity contribution in [1.29, 1.82) is 0 Å². The zero-order chi connectivity index (χ0) is 12.8. The predicted octanol–water partition coefficient (Wildman–Crippen LogP) is 0.561. The van der Waals surface area contributed by atoms with Gasteiger partial charge in [0.2, 0.25) is 0 Å². The van der Waals surface area contributed by atoms with Crippen LogP contribution < -0.4 is 15.9 Å². The molecule has 0 saturated carbocycles. The molecule has 7 heteroatoms. The Morgan fingerprint density at radius 3 is 2.88 bits per heavy atom. The van der Waals surface area contributed by atoms with Gasteiger partial charge in [0.05, 0.1) is 18.9 Å². The van der Waals surface area contributed by atoms with Gasteiger partial charge in [0, 0.05) is 5.56 Å². The number of nitrogens with two attached hydrogens (primary N) is 1. The number of hydrogen-bond donors (Lipinski definition) is 3. The molecule has 1 aromatic carbocycles. The summed E-state index contributed by atoms with van der Waals surface area (Å²) >= 11 is 4.57. The predicted molar refractivity (Wildman–Crippen MR) is 67.5 cm³/mol. The summed E-state index contributed by atoms with van der Waals surface area (Å²) in [5, 5.41) is 12.6. The number of carboxylic acid groups (broad SMARTS) is 1. The summed E-state index contributed by atoms with van der Waals surface area (Å²) in [6, 6.07) is 4.43. The van der Waals surface area contributed by atoms with E-state index in [0.29, 0.717) is 11.3 Å². The van der Waals surface area contributed by atoms with E-state index in [9.17, 15) is 4.79 Å². The molecule has 0 radical (unpaired) electrons. The molecule has 0 aliphatic heterocycles. The molecule has 0 bridgehead atoms. The Bertz CT molecular complexity index is 474. The second-order valence-electron chi connectivity index (χ2n) is 3.00. The SMILES string of the molecule is COc1ccc(C(=O)O)cc1C=NNC(N)=S. The molecular formula is C10H11N3O3S. The Morgan fingerprint density at radius 1 is 1.65 bits per heavy atom. The molecule has 0 aliphatic carbocycles. The summed E-state index contributed by atoms with van der Waals surface area (Å²) in [6.45, 7) is 0. The van der Waals surface area contributed by atoms with Crippen LogP contribution in [-0.4, -0.2) is 29.5 Å². The molecule has 6 nitrogen and oxygen atoms in total. The molecule has 17 heavy (non-hydrogen) atoms. The number of thiocarbonyl (C=S) groups is 1. The van der Waals surface area contributed by atoms with E-state index < -0.39 is 5.97 Å². The second kappa shape index (κ2) is 5.80. The van der Waals surface area contributed by atoms with E-state index in [1.54, 1.807) is 6.07 Å². The van der Waals surface area contributed by atoms with Crippen molar-refractivity contribution in [1.82, 2.24) is 5.43 Å². The number of methoxy groups -OCH3 is 1. The smallest absolute Gasteiger partial charge is 0.335 e. The van der Waals surface area contributed by atoms with E-state index in [-0.39, 0.29) is 10.7 Å². The summed E-state index contributed by atoms with van der Waals surface area (Å²) in [6.07, 6.45) is 1.38. The van der Waals surface area contributed by atoms with Gasteiger partial charge in [0.1, 0.15) is 5.75 Å². The van der Waals surface area contributed by atoms with Crippen LogP contribution in [0.4, 0.5) is 0 Å². The number of carbonyl (C=O) groups is 1. The summed E-state index contributed by atoms with van der Waals surface area (Å²) in [5.41, 5.74) is 8.21. The Labute approximate surface area is 103 Å². The zero-order valence-electron chi connectivity index (χ0n) is 9.01. The number of rotatable bonds is 4. The van der Waals surface area contributed by atoms with E-state index in [1.165, 1.54) is 25.5 Å². The van der Waals surface area contributed by atoms with Gasteiger partial charge in [-0.3, -0.25) is 5.43 Å². The Balaban J connectivity index is 3.01. The first kappa shape index (κ1) is 12.9. The molecule has 0 atom stereocenters. The van der Waals surface area contributed by atoms with Gasteiger partial charge in [-0.05, 0) is 30.4 Å². The fourth-order valence-electron chi connectivity index (χ4n) is 1.13. The number of nitrogens with zero attached hydrogens (tertiary/aromatic N) is 1. The summed E-state index contributed by atoms with van der Waals surface area (Å²) in [4.78, 5) is 10.8. The molecular weight excluding hydrogens is 242 g/mol. The van der Waals surface area contributed by atoms with Crippen LogP contribution in [0.5, 0.6) is 5.75 Å². The Kier molecular flexibility index (Phi) is 4.41. The lowest BCUT2D eigenvalue weighted by Crippen LogP contribution is -2.24. The minimum absolute atomic E-state index is 0.0228. The van der Waals surface area contributed by atoms with Crippen molar-refractivity contribution in [3.8, 4) is 5.75 Å². The zero-order valence-corrected chi connectivity index (χ0v) is 9.82. The maximum absolute atomic E-state index is 10.8. The van der Waals surface area contributed by atoms with Crippen LogP contribution >= 0.6 is 12.2 Å². The van der Waals surface area contributed by atoms with Crippen LogP contribution in [0, 0.1) is 0 Å². The first-order valence-corrected chi connectivity index (χ1v) is 4.95. The topological polar surface area (TPSA) is 96.9 Å². The van der Waals surface area contributed by atoms with Crippen molar-refractivity contribution in [2.75, 3.05) is 7.11 Å². The molecule has 0 saturated heterocycles. The van der Waals surface area contributed by atoms with Gasteiger partial charge in [0.15, 0.2) is 5.11 Å². The summed E-state index contributed by atoms with van der Waals surface area (Å²) in [5.74, 6) is -0.520. The summed E-state index contributed by atoms with van der Waals surface area (Å²) < 4.78 is 5.06. The van der Waals surface area contributed by atoms with E-state index >= 15 is 0 Å². The van der Waals surface area contributed by atoms with Crippen molar-refractivity contribution < 1.29 is 14.6 Å². The quantitative estimate of drug-likeness (QED) is 0.412. The monoisotopic (exact) mass is 253 g/mol. The number of benzene rings is 1. The first-order valence-electron chi connectivity index (χ1n) is 4.54. The fourth-order valence-corrected chi connectivity index (χ4v) is 1.19. The number of carboxylic acids is 1. The van der Waals surface area contributed by atoms with Gasteiger partial charge >= 0.3 is 5.97 Å². The number of hydrazone groups is 1. The third-order valence-corrected chi connectivity index (χ3v) is 1.95. The molecule has 0 heterocycles. The van der Waals surface area contributed by atoms with Gasteiger partial charge < -0.3 is 15.6 Å². The number of nitrogens with one attached hydrogen (secondary N) is 1. The van der Waals surface area contributed by atoms with Gasteiger partial charge in [-0.25, -0.2) is 4.79 Å². The number of aromatic carboxylic acids is 1. The van der Waals surface area contributed by atoms with Crippen molar-refractivity contribution in [2.24, 2.45) is 10.8 Å². The van der Waals surface area contributed by atoms with E-state index in [0.717, 1.165) is 0 Å². The highest BCUT2D eigenvalue weighted by molar-refractivity contribution is 7.80. The minimum atomic E-state index is -1.02. The largest absolute Gasteiger partial charge is 0.496 e. The molecule has 0 amide bonds. The molecule has 0 aliphatic rings. The maximum atomic E-state index is 10.8. The molecule has 0 unspecified atom stereocenters. The average Bonchev–Trinajstić information content (AvgIpc) is 2.28. The third kappa shape index (κ3) is 3.72. The molecule has 1 aromatic rings. The van der Waals surface area contributed by atoms with Crippen LogP contribution in [0.15, 0.2) is 23.3 Å². The van der Waals surface area contributed by atoms with Gasteiger partial charge in [-0.1, -0.05) is 0 Å². The molecule has 90 valence electrons. The van der Waals surface area contributed by atoms with Gasteiger partial charge in [0.25, 0.3) is 0 Å². The van der Waals surface area contributed by atoms with Gasteiger partial charge in [-0.2, -0.15) is 5.10 Å². The highest BCUT2D eigenvalue weighted by Gasteiger charge is 2.07. The maximum Gasteiger partial charge on any atom is 0.335 e. The van der Waals surface area contributed by atoms with E-state index in [2.05, 4.69) is 22.7 Å². The van der Waals surface area contributed by atoms with Crippen LogP contribution in [-0.2, 0) is 0 Å². The van der Waals surface area contributed by atoms with Crippen LogP contribution in [0.25, 0.3) is 0 Å². The minimum Gasteiger partial charge on any atom is -0.496 e. The third-order valence-electron chi connectivity index (χ3n) is 1.86. The molecule has 1 rings (SSSR count). The van der Waals surface area contributed by atoms with Crippen molar-refractivity contribution >= 4 is 29.5 Å². The number of hydrogen-bond acceptors (Lipinski definition) is 4. The molecule has 0 fully saturated rings. The standard InChI is InChI=1S/C10H11N3O3S/c1-16-8-3-2-6(9(14)15)4-7(8)5-12-13-10(11)17/h2-5H,1H3,(H,14,15)(H3,11,13,17). The lowest BCUT2D eigenvalue weighted by Gasteiger charge is -2.05. The van der Waals surface area contributed by atoms with Crippen LogP contribution in [0.2, 0.25) is 0 Å². The average molecular weight is 253 g/mol. The van der Waals surface area contributed by atoms with Crippen molar-refractivity contribution in [3.63, 3.8) is 0 Å². The molecule has 0 spiro atoms. The van der Waals surface area contributed by atoms with Gasteiger partial charge in [-0.15, -0.1) is 0 Å². The first-order chi connectivity index (χ1) is 8.04. The van der Waals surface area contributed by atoms with E-state index in [1.807, 2.05) is 0 Å². The van der Waals surface area contributed by atoms with Crippen LogP contribution in [0.3, 0.4) is 0 Å². The van der Waals surface area contributed by atoms with Crippen molar-refractivity contribution in [2.45, 2.75) is 0 Å².